The number of benzene rings is 1. The Morgan fingerprint density at radius 1 is 1.31 bits per heavy atom. The van der Waals surface area contributed by atoms with Crippen molar-refractivity contribution in [2.75, 3.05) is 26.8 Å². The Kier molecular flexibility index (Phi) is 7.02. The van der Waals surface area contributed by atoms with Crippen molar-refractivity contribution in [3.63, 3.8) is 0 Å². The fraction of sp³-hybridized carbons (Fsp3) is 0.556. The van der Waals surface area contributed by atoms with E-state index in [1.807, 2.05) is 0 Å². The van der Waals surface area contributed by atoms with Gasteiger partial charge < -0.3 is 14.4 Å². The van der Waals surface area contributed by atoms with E-state index in [-0.39, 0.29) is 30.8 Å². The molecule has 1 atom stereocenters. The van der Waals surface area contributed by atoms with Crippen LogP contribution < -0.4 is 0 Å². The van der Waals surface area contributed by atoms with Gasteiger partial charge in [0.25, 0.3) is 0 Å². The lowest BCUT2D eigenvalue weighted by atomic mass is 10.0. The van der Waals surface area contributed by atoms with Crippen LogP contribution in [-0.4, -0.2) is 49.7 Å². The fourth-order valence-electron chi connectivity index (χ4n) is 2.85. The molecule has 0 unspecified atom stereocenters. The Balaban J connectivity index is 1.88. The minimum atomic E-state index is -4.38. The first kappa shape index (κ1) is 20.2. The monoisotopic (exact) mass is 373 g/mol. The van der Waals surface area contributed by atoms with E-state index in [0.29, 0.717) is 38.1 Å². The SMILES string of the molecule is COC(=O)CCCC(=O)N1CCO[C@H](Cc2cccc(C(F)(F)F)c2)C1. The minimum absolute atomic E-state index is 0.0914. The van der Waals surface area contributed by atoms with Gasteiger partial charge in [-0.15, -0.1) is 0 Å². The van der Waals surface area contributed by atoms with E-state index >= 15 is 0 Å². The molecule has 0 aliphatic carbocycles. The number of alkyl halides is 3. The topological polar surface area (TPSA) is 55.8 Å². The lowest BCUT2D eigenvalue weighted by Crippen LogP contribution is -2.46. The maximum Gasteiger partial charge on any atom is 0.416 e. The average molecular weight is 373 g/mol. The molecule has 1 aromatic carbocycles. The van der Waals surface area contributed by atoms with E-state index in [4.69, 9.17) is 4.74 Å². The van der Waals surface area contributed by atoms with Gasteiger partial charge in [0.15, 0.2) is 0 Å². The Morgan fingerprint density at radius 2 is 2.08 bits per heavy atom. The Bertz CT molecular complexity index is 633. The molecule has 0 N–H and O–H groups in total. The lowest BCUT2D eigenvalue weighted by molar-refractivity contribution is -0.141. The number of nitrogens with zero attached hydrogens (tertiary/aromatic N) is 1. The van der Waals surface area contributed by atoms with Crippen LogP contribution in [-0.2, 0) is 31.7 Å². The first-order valence-corrected chi connectivity index (χ1v) is 8.42. The molecule has 1 aromatic rings. The molecule has 5 nitrogen and oxygen atoms in total. The molecule has 8 heteroatoms. The first-order valence-electron chi connectivity index (χ1n) is 8.42. The number of rotatable bonds is 6. The predicted octanol–water partition coefficient (Wildman–Crippen LogP) is 2.82. The van der Waals surface area contributed by atoms with Crippen molar-refractivity contribution in [2.45, 2.75) is 38.0 Å². The minimum Gasteiger partial charge on any atom is -0.469 e. The van der Waals surface area contributed by atoms with Crippen LogP contribution in [0.1, 0.15) is 30.4 Å². The molecule has 0 radical (unpaired) electrons. The zero-order valence-electron chi connectivity index (χ0n) is 14.6. The second-order valence-electron chi connectivity index (χ2n) is 6.16. The third-order valence-corrected chi connectivity index (χ3v) is 4.21. The summed E-state index contributed by atoms with van der Waals surface area (Å²) in [6.07, 6.45) is -3.62. The molecule has 1 saturated heterocycles. The summed E-state index contributed by atoms with van der Waals surface area (Å²) in [6.45, 7) is 1.11. The number of hydrogen-bond donors (Lipinski definition) is 0. The Hall–Kier alpha value is -2.09. The number of hydrogen-bond acceptors (Lipinski definition) is 4. The fourth-order valence-corrected chi connectivity index (χ4v) is 2.85. The van der Waals surface area contributed by atoms with Gasteiger partial charge in [-0.3, -0.25) is 9.59 Å². The number of morpholine rings is 1. The molecule has 26 heavy (non-hydrogen) atoms. The number of carbonyl (C=O) groups excluding carboxylic acids is 2. The summed E-state index contributed by atoms with van der Waals surface area (Å²) >= 11 is 0. The van der Waals surface area contributed by atoms with Crippen LogP contribution in [0, 0.1) is 0 Å². The molecule has 0 aromatic heterocycles. The van der Waals surface area contributed by atoms with Gasteiger partial charge in [-0.05, 0) is 18.1 Å². The van der Waals surface area contributed by atoms with Gasteiger partial charge in [0, 0.05) is 32.4 Å². The van der Waals surface area contributed by atoms with Crippen molar-refractivity contribution < 1.29 is 32.2 Å². The van der Waals surface area contributed by atoms with Crippen molar-refractivity contribution in [3.05, 3.63) is 35.4 Å². The number of ether oxygens (including phenoxy) is 2. The molecule has 0 saturated carbocycles. The normalized spacial score (nSPS) is 17.8. The third-order valence-electron chi connectivity index (χ3n) is 4.21. The molecule has 0 bridgehead atoms. The van der Waals surface area contributed by atoms with Crippen LogP contribution in [0.3, 0.4) is 0 Å². The first-order chi connectivity index (χ1) is 12.3. The molecule has 2 rings (SSSR count). The number of methoxy groups -OCH3 is 1. The van der Waals surface area contributed by atoms with Gasteiger partial charge in [0.05, 0.1) is 25.4 Å². The Labute approximate surface area is 150 Å². The zero-order valence-corrected chi connectivity index (χ0v) is 14.6. The third kappa shape index (κ3) is 6.01. The van der Waals surface area contributed by atoms with Crippen LogP contribution >= 0.6 is 0 Å². The molecule has 1 fully saturated rings. The van der Waals surface area contributed by atoms with Crippen LogP contribution in [0.25, 0.3) is 0 Å². The highest BCUT2D eigenvalue weighted by Gasteiger charge is 2.31. The largest absolute Gasteiger partial charge is 0.469 e. The second kappa shape index (κ2) is 9.02. The smallest absolute Gasteiger partial charge is 0.416 e. The maximum atomic E-state index is 12.8. The highest BCUT2D eigenvalue weighted by Crippen LogP contribution is 2.30. The van der Waals surface area contributed by atoms with E-state index in [1.54, 1.807) is 11.0 Å². The summed E-state index contributed by atoms with van der Waals surface area (Å²) in [5, 5.41) is 0. The molecular weight excluding hydrogens is 351 g/mol. The molecule has 1 heterocycles. The maximum absolute atomic E-state index is 12.8. The van der Waals surface area contributed by atoms with E-state index in [2.05, 4.69) is 4.74 Å². The van der Waals surface area contributed by atoms with Gasteiger partial charge in [-0.1, -0.05) is 18.2 Å². The van der Waals surface area contributed by atoms with Gasteiger partial charge >= 0.3 is 12.1 Å². The van der Waals surface area contributed by atoms with Crippen molar-refractivity contribution in [3.8, 4) is 0 Å². The average Bonchev–Trinajstić information content (AvgIpc) is 2.61. The molecular formula is C18H22F3NO4. The number of amides is 1. The molecule has 0 spiro atoms. The molecule has 144 valence electrons. The molecule has 1 aliphatic heterocycles. The summed E-state index contributed by atoms with van der Waals surface area (Å²) in [5.74, 6) is -0.451. The summed E-state index contributed by atoms with van der Waals surface area (Å²) in [5.41, 5.74) is -0.175. The zero-order chi connectivity index (χ0) is 19.2. The van der Waals surface area contributed by atoms with Crippen molar-refractivity contribution in [2.24, 2.45) is 0 Å². The summed E-state index contributed by atoms with van der Waals surface area (Å²) in [7, 11) is 1.30. The van der Waals surface area contributed by atoms with E-state index < -0.39 is 11.7 Å². The summed E-state index contributed by atoms with van der Waals surface area (Å²) in [4.78, 5) is 24.9. The molecule has 1 aliphatic rings. The number of carbonyl (C=O) groups is 2. The van der Waals surface area contributed by atoms with Gasteiger partial charge in [-0.25, -0.2) is 0 Å². The number of halogens is 3. The predicted molar refractivity (Wildman–Crippen MR) is 87.3 cm³/mol. The summed E-state index contributed by atoms with van der Waals surface area (Å²) in [6, 6.07) is 5.13. The standard InChI is InChI=1S/C18H22F3NO4/c1-25-17(24)7-3-6-16(23)22-8-9-26-15(12-22)11-13-4-2-5-14(10-13)18(19,20)21/h2,4-5,10,15H,3,6-9,11-12H2,1H3/t15-/m1/s1. The van der Waals surface area contributed by atoms with Gasteiger partial charge in [0.2, 0.25) is 5.91 Å². The van der Waals surface area contributed by atoms with Crippen molar-refractivity contribution in [1.29, 1.82) is 0 Å². The van der Waals surface area contributed by atoms with E-state index in [1.165, 1.54) is 13.2 Å². The quantitative estimate of drug-likeness (QED) is 0.720. The van der Waals surface area contributed by atoms with E-state index in [9.17, 15) is 22.8 Å². The van der Waals surface area contributed by atoms with Crippen LogP contribution in [0.5, 0.6) is 0 Å². The highest BCUT2D eigenvalue weighted by atomic mass is 19.4. The lowest BCUT2D eigenvalue weighted by Gasteiger charge is -2.33. The molecule has 1 amide bonds. The van der Waals surface area contributed by atoms with Crippen LogP contribution in [0.15, 0.2) is 24.3 Å². The van der Waals surface area contributed by atoms with E-state index in [0.717, 1.165) is 12.1 Å². The van der Waals surface area contributed by atoms with Gasteiger partial charge in [0.1, 0.15) is 0 Å². The van der Waals surface area contributed by atoms with Crippen LogP contribution in [0.2, 0.25) is 0 Å². The second-order valence-corrected chi connectivity index (χ2v) is 6.16. The van der Waals surface area contributed by atoms with Gasteiger partial charge in [-0.2, -0.15) is 13.2 Å². The Morgan fingerprint density at radius 3 is 2.77 bits per heavy atom. The number of esters is 1. The summed E-state index contributed by atoms with van der Waals surface area (Å²) < 4.78 is 48.5. The van der Waals surface area contributed by atoms with Crippen molar-refractivity contribution >= 4 is 11.9 Å². The van der Waals surface area contributed by atoms with Crippen molar-refractivity contribution in [1.82, 2.24) is 4.90 Å². The van der Waals surface area contributed by atoms with Crippen LogP contribution in [0.4, 0.5) is 13.2 Å². The highest BCUT2D eigenvalue weighted by molar-refractivity contribution is 5.77.